The standard InChI is InChI=1S/C14H24N2O2/c1-6-12(17)15-9-7-8-11-10(2)16-13(18-11)14(3,4)5/h6-9H2,1-5H3,(H,15,17). The first-order valence-corrected chi connectivity index (χ1v) is 6.58. The van der Waals surface area contributed by atoms with Gasteiger partial charge in [0.05, 0.1) is 5.69 Å². The molecule has 0 atom stereocenters. The molecule has 18 heavy (non-hydrogen) atoms. The summed E-state index contributed by atoms with van der Waals surface area (Å²) in [6, 6.07) is 0. The molecule has 4 nitrogen and oxygen atoms in total. The largest absolute Gasteiger partial charge is 0.445 e. The normalized spacial score (nSPS) is 11.6. The molecule has 0 bridgehead atoms. The molecule has 0 aliphatic rings. The molecule has 0 aliphatic carbocycles. The Morgan fingerprint density at radius 1 is 1.39 bits per heavy atom. The molecule has 1 N–H and O–H groups in total. The van der Waals surface area contributed by atoms with Crippen LogP contribution in [0.2, 0.25) is 0 Å². The van der Waals surface area contributed by atoms with Gasteiger partial charge in [0, 0.05) is 24.8 Å². The zero-order chi connectivity index (χ0) is 13.8. The number of hydrogen-bond acceptors (Lipinski definition) is 3. The Balaban J connectivity index is 2.48. The van der Waals surface area contributed by atoms with Gasteiger partial charge in [-0.15, -0.1) is 0 Å². The second-order valence-corrected chi connectivity index (χ2v) is 5.58. The van der Waals surface area contributed by atoms with Crippen molar-refractivity contribution in [2.24, 2.45) is 0 Å². The van der Waals surface area contributed by atoms with Gasteiger partial charge < -0.3 is 9.73 Å². The van der Waals surface area contributed by atoms with Crippen molar-refractivity contribution >= 4 is 5.91 Å². The predicted molar refractivity (Wildman–Crippen MR) is 71.6 cm³/mol. The first-order valence-electron chi connectivity index (χ1n) is 6.58. The lowest BCUT2D eigenvalue weighted by atomic mass is 9.97. The van der Waals surface area contributed by atoms with Crippen LogP contribution >= 0.6 is 0 Å². The molecule has 0 aliphatic heterocycles. The van der Waals surface area contributed by atoms with E-state index in [9.17, 15) is 4.79 Å². The summed E-state index contributed by atoms with van der Waals surface area (Å²) in [6.45, 7) is 10.8. The summed E-state index contributed by atoms with van der Waals surface area (Å²) in [7, 11) is 0. The highest BCUT2D eigenvalue weighted by Gasteiger charge is 2.21. The van der Waals surface area contributed by atoms with E-state index >= 15 is 0 Å². The lowest BCUT2D eigenvalue weighted by Crippen LogP contribution is -2.23. The smallest absolute Gasteiger partial charge is 0.219 e. The number of aryl methyl sites for hydroxylation is 2. The van der Waals surface area contributed by atoms with Crippen LogP contribution in [0.5, 0.6) is 0 Å². The summed E-state index contributed by atoms with van der Waals surface area (Å²) in [5.41, 5.74) is 0.904. The Morgan fingerprint density at radius 3 is 2.56 bits per heavy atom. The van der Waals surface area contributed by atoms with Gasteiger partial charge in [-0.3, -0.25) is 4.79 Å². The number of carbonyl (C=O) groups is 1. The molecule has 0 saturated heterocycles. The van der Waals surface area contributed by atoms with E-state index in [0.29, 0.717) is 13.0 Å². The topological polar surface area (TPSA) is 55.1 Å². The second-order valence-electron chi connectivity index (χ2n) is 5.58. The number of amides is 1. The molecule has 1 amide bonds. The fraction of sp³-hybridized carbons (Fsp3) is 0.714. The molecule has 0 fully saturated rings. The predicted octanol–water partition coefficient (Wildman–Crippen LogP) is 2.74. The maximum atomic E-state index is 11.1. The summed E-state index contributed by atoms with van der Waals surface area (Å²) < 4.78 is 5.79. The molecule has 1 heterocycles. The molecule has 0 aromatic carbocycles. The fourth-order valence-corrected chi connectivity index (χ4v) is 1.58. The maximum Gasteiger partial charge on any atom is 0.219 e. The summed E-state index contributed by atoms with van der Waals surface area (Å²) >= 11 is 0. The maximum absolute atomic E-state index is 11.1. The zero-order valence-corrected chi connectivity index (χ0v) is 12.1. The molecule has 0 spiro atoms. The molecular formula is C14H24N2O2. The van der Waals surface area contributed by atoms with E-state index in [-0.39, 0.29) is 11.3 Å². The van der Waals surface area contributed by atoms with Gasteiger partial charge in [0.15, 0.2) is 5.89 Å². The van der Waals surface area contributed by atoms with E-state index in [0.717, 1.165) is 30.2 Å². The van der Waals surface area contributed by atoms with Crippen molar-refractivity contribution in [2.75, 3.05) is 6.54 Å². The number of oxazole rings is 1. The average Bonchev–Trinajstić information content (AvgIpc) is 2.66. The molecule has 1 aromatic rings. The lowest BCUT2D eigenvalue weighted by Gasteiger charge is -2.12. The third-order valence-electron chi connectivity index (χ3n) is 2.76. The van der Waals surface area contributed by atoms with Gasteiger partial charge in [-0.2, -0.15) is 0 Å². The van der Waals surface area contributed by atoms with E-state index in [4.69, 9.17) is 4.42 Å². The van der Waals surface area contributed by atoms with Gasteiger partial charge in [0.25, 0.3) is 0 Å². The Hall–Kier alpha value is -1.32. The molecule has 1 aromatic heterocycles. The van der Waals surface area contributed by atoms with E-state index in [1.165, 1.54) is 0 Å². The Bertz CT molecular complexity index is 402. The fourth-order valence-electron chi connectivity index (χ4n) is 1.58. The minimum absolute atomic E-state index is 0.0561. The lowest BCUT2D eigenvalue weighted by molar-refractivity contribution is -0.120. The van der Waals surface area contributed by atoms with Crippen molar-refractivity contribution in [1.29, 1.82) is 0 Å². The first kappa shape index (κ1) is 14.7. The van der Waals surface area contributed by atoms with E-state index in [2.05, 4.69) is 31.1 Å². The second kappa shape index (κ2) is 6.03. The number of nitrogens with one attached hydrogen (secondary N) is 1. The van der Waals surface area contributed by atoms with Crippen molar-refractivity contribution in [3.8, 4) is 0 Å². The third kappa shape index (κ3) is 4.17. The van der Waals surface area contributed by atoms with Crippen molar-refractivity contribution in [3.63, 3.8) is 0 Å². The number of carbonyl (C=O) groups excluding carboxylic acids is 1. The van der Waals surface area contributed by atoms with Crippen molar-refractivity contribution in [2.45, 2.75) is 59.3 Å². The summed E-state index contributed by atoms with van der Waals surface area (Å²) in [5.74, 6) is 1.82. The van der Waals surface area contributed by atoms with Crippen molar-refractivity contribution < 1.29 is 9.21 Å². The Morgan fingerprint density at radius 2 is 2.06 bits per heavy atom. The summed E-state index contributed by atoms with van der Waals surface area (Å²) in [5, 5.41) is 2.86. The molecule has 0 radical (unpaired) electrons. The number of hydrogen-bond donors (Lipinski definition) is 1. The quantitative estimate of drug-likeness (QED) is 0.820. The molecule has 0 unspecified atom stereocenters. The molecular weight excluding hydrogens is 228 g/mol. The van der Waals surface area contributed by atoms with Crippen LogP contribution in [0.3, 0.4) is 0 Å². The summed E-state index contributed by atoms with van der Waals surface area (Å²) in [6.07, 6.45) is 2.24. The molecule has 1 rings (SSSR count). The van der Waals surface area contributed by atoms with Crippen LogP contribution in [0.25, 0.3) is 0 Å². The van der Waals surface area contributed by atoms with Crippen LogP contribution in [0.1, 0.15) is 57.9 Å². The molecule has 0 saturated carbocycles. The SMILES string of the molecule is CCC(=O)NCCCc1oc(C(C)(C)C)nc1C. The monoisotopic (exact) mass is 252 g/mol. The highest BCUT2D eigenvalue weighted by atomic mass is 16.4. The van der Waals surface area contributed by atoms with Crippen LogP contribution in [-0.4, -0.2) is 17.4 Å². The van der Waals surface area contributed by atoms with Crippen LogP contribution in [0, 0.1) is 6.92 Å². The van der Waals surface area contributed by atoms with E-state index in [1.54, 1.807) is 0 Å². The average molecular weight is 252 g/mol. The molecule has 102 valence electrons. The number of rotatable bonds is 5. The van der Waals surface area contributed by atoms with Crippen LogP contribution in [-0.2, 0) is 16.6 Å². The summed E-state index contributed by atoms with van der Waals surface area (Å²) in [4.78, 5) is 15.5. The van der Waals surface area contributed by atoms with Gasteiger partial charge in [0.1, 0.15) is 5.76 Å². The minimum Gasteiger partial charge on any atom is -0.445 e. The minimum atomic E-state index is -0.0561. The van der Waals surface area contributed by atoms with Gasteiger partial charge in [0.2, 0.25) is 5.91 Å². The van der Waals surface area contributed by atoms with Gasteiger partial charge in [-0.1, -0.05) is 27.7 Å². The third-order valence-corrected chi connectivity index (χ3v) is 2.76. The number of nitrogens with zero attached hydrogens (tertiary/aromatic N) is 1. The highest BCUT2D eigenvalue weighted by molar-refractivity contribution is 5.75. The Labute approximate surface area is 109 Å². The molecule has 4 heteroatoms. The van der Waals surface area contributed by atoms with Crippen molar-refractivity contribution in [1.82, 2.24) is 10.3 Å². The van der Waals surface area contributed by atoms with Crippen molar-refractivity contribution in [3.05, 3.63) is 17.3 Å². The first-order chi connectivity index (χ1) is 8.34. The van der Waals surface area contributed by atoms with Gasteiger partial charge >= 0.3 is 0 Å². The van der Waals surface area contributed by atoms with Gasteiger partial charge in [-0.05, 0) is 13.3 Å². The number of aromatic nitrogens is 1. The Kier molecular flexibility index (Phi) is 4.93. The van der Waals surface area contributed by atoms with E-state index in [1.807, 2.05) is 13.8 Å². The van der Waals surface area contributed by atoms with Crippen LogP contribution in [0.4, 0.5) is 0 Å². The zero-order valence-electron chi connectivity index (χ0n) is 12.1. The van der Waals surface area contributed by atoms with E-state index < -0.39 is 0 Å². The van der Waals surface area contributed by atoms with Crippen LogP contribution in [0.15, 0.2) is 4.42 Å². The highest BCUT2D eigenvalue weighted by Crippen LogP contribution is 2.24. The van der Waals surface area contributed by atoms with Crippen LogP contribution < -0.4 is 5.32 Å². The van der Waals surface area contributed by atoms with Gasteiger partial charge in [-0.25, -0.2) is 4.98 Å².